The Labute approximate surface area is 97.6 Å². The van der Waals surface area contributed by atoms with Gasteiger partial charge in [0.15, 0.2) is 5.43 Å². The summed E-state index contributed by atoms with van der Waals surface area (Å²) in [6, 6.07) is 7.35. The van der Waals surface area contributed by atoms with Crippen LogP contribution in [0.3, 0.4) is 0 Å². The molecule has 0 unspecified atom stereocenters. The van der Waals surface area contributed by atoms with E-state index in [9.17, 15) is 4.79 Å². The van der Waals surface area contributed by atoms with Crippen molar-refractivity contribution in [2.24, 2.45) is 0 Å². The summed E-state index contributed by atoms with van der Waals surface area (Å²) in [5.41, 5.74) is 2.71. The lowest BCUT2D eigenvalue weighted by Crippen LogP contribution is -2.03. The van der Waals surface area contributed by atoms with Crippen molar-refractivity contribution in [2.45, 2.75) is 6.92 Å². The molecule has 0 aliphatic rings. The van der Waals surface area contributed by atoms with E-state index in [0.717, 1.165) is 16.9 Å². The summed E-state index contributed by atoms with van der Waals surface area (Å²) in [6.45, 7) is 1.88. The summed E-state index contributed by atoms with van der Waals surface area (Å²) in [5, 5.41) is 0.696. The Hall–Kier alpha value is -2.36. The number of rotatable bonds is 1. The topological polar surface area (TPSA) is 50.7 Å². The number of hydrogen-bond donors (Lipinski definition) is 1. The van der Waals surface area contributed by atoms with Crippen LogP contribution in [0.25, 0.3) is 16.6 Å². The predicted molar refractivity (Wildman–Crippen MR) is 66.4 cm³/mol. The summed E-state index contributed by atoms with van der Waals surface area (Å²) < 4.78 is 1.87. The number of pyridine rings is 1. The Morgan fingerprint density at radius 1 is 1.29 bits per heavy atom. The molecular weight excluding hydrogens is 214 g/mol. The third-order valence-corrected chi connectivity index (χ3v) is 2.75. The Kier molecular flexibility index (Phi) is 2.08. The Balaban J connectivity index is 2.30. The maximum absolute atomic E-state index is 11.9. The molecule has 0 atom stereocenters. The highest BCUT2D eigenvalue weighted by molar-refractivity contribution is 5.80. The molecule has 4 nitrogen and oxygen atoms in total. The van der Waals surface area contributed by atoms with Crippen LogP contribution in [0.1, 0.15) is 5.69 Å². The van der Waals surface area contributed by atoms with Gasteiger partial charge in [-0.1, -0.05) is 0 Å². The molecule has 0 saturated heterocycles. The van der Waals surface area contributed by atoms with Crippen molar-refractivity contribution >= 4 is 10.9 Å². The summed E-state index contributed by atoms with van der Waals surface area (Å²) in [7, 11) is 0. The van der Waals surface area contributed by atoms with Crippen LogP contribution in [-0.4, -0.2) is 14.5 Å². The zero-order valence-corrected chi connectivity index (χ0v) is 9.34. The molecule has 0 aliphatic heterocycles. The lowest BCUT2D eigenvalue weighted by molar-refractivity contribution is 1.06. The molecule has 1 N–H and O–H groups in total. The zero-order chi connectivity index (χ0) is 11.8. The molecule has 4 heteroatoms. The van der Waals surface area contributed by atoms with E-state index in [1.807, 2.05) is 35.9 Å². The summed E-state index contributed by atoms with van der Waals surface area (Å²) in [6.07, 6.45) is 5.27. The molecule has 84 valence electrons. The fraction of sp³-hybridized carbons (Fsp3) is 0.0769. The fourth-order valence-corrected chi connectivity index (χ4v) is 1.94. The van der Waals surface area contributed by atoms with E-state index in [2.05, 4.69) is 9.97 Å². The number of aryl methyl sites for hydroxylation is 1. The van der Waals surface area contributed by atoms with Crippen LogP contribution in [0.4, 0.5) is 0 Å². The van der Waals surface area contributed by atoms with E-state index in [1.54, 1.807) is 18.6 Å². The minimum atomic E-state index is 0.0400. The standard InChI is InChI=1S/C13H11N3O/c1-9-6-13(17)11-7-10(2-3-12(11)15-9)16-5-4-14-8-16/h2-8H,1H3,(H,15,17). The minimum Gasteiger partial charge on any atom is -0.358 e. The van der Waals surface area contributed by atoms with E-state index in [4.69, 9.17) is 0 Å². The average Bonchev–Trinajstić information content (AvgIpc) is 2.82. The maximum atomic E-state index is 11.9. The van der Waals surface area contributed by atoms with Gasteiger partial charge in [-0.25, -0.2) is 4.98 Å². The van der Waals surface area contributed by atoms with Gasteiger partial charge in [-0.3, -0.25) is 4.79 Å². The lowest BCUT2D eigenvalue weighted by Gasteiger charge is -2.04. The maximum Gasteiger partial charge on any atom is 0.189 e. The van der Waals surface area contributed by atoms with Gasteiger partial charge < -0.3 is 9.55 Å². The number of H-pyrrole nitrogens is 1. The first-order chi connectivity index (χ1) is 8.24. The molecule has 17 heavy (non-hydrogen) atoms. The molecular formula is C13H11N3O. The van der Waals surface area contributed by atoms with Gasteiger partial charge in [-0.2, -0.15) is 0 Å². The van der Waals surface area contributed by atoms with Crippen molar-refractivity contribution in [2.75, 3.05) is 0 Å². The highest BCUT2D eigenvalue weighted by atomic mass is 16.1. The second-order valence-corrected chi connectivity index (χ2v) is 4.02. The smallest absolute Gasteiger partial charge is 0.189 e. The van der Waals surface area contributed by atoms with Gasteiger partial charge in [0, 0.05) is 40.7 Å². The number of aromatic amines is 1. The van der Waals surface area contributed by atoms with Gasteiger partial charge in [-0.05, 0) is 25.1 Å². The van der Waals surface area contributed by atoms with Crippen LogP contribution in [0, 0.1) is 6.92 Å². The molecule has 1 aromatic carbocycles. The highest BCUT2D eigenvalue weighted by Crippen LogP contribution is 2.14. The fourth-order valence-electron chi connectivity index (χ4n) is 1.94. The van der Waals surface area contributed by atoms with E-state index < -0.39 is 0 Å². The molecule has 0 aliphatic carbocycles. The minimum absolute atomic E-state index is 0.0400. The van der Waals surface area contributed by atoms with Crippen LogP contribution in [0.2, 0.25) is 0 Å². The first-order valence-corrected chi connectivity index (χ1v) is 5.36. The number of hydrogen-bond acceptors (Lipinski definition) is 2. The second-order valence-electron chi connectivity index (χ2n) is 4.02. The SMILES string of the molecule is Cc1cc(=O)c2cc(-n3ccnc3)ccc2[nH]1. The summed E-state index contributed by atoms with van der Waals surface area (Å²) in [5.74, 6) is 0. The third-order valence-electron chi connectivity index (χ3n) is 2.75. The van der Waals surface area contributed by atoms with Gasteiger partial charge in [0.2, 0.25) is 0 Å². The number of benzene rings is 1. The van der Waals surface area contributed by atoms with Crippen LogP contribution in [-0.2, 0) is 0 Å². The average molecular weight is 225 g/mol. The van der Waals surface area contributed by atoms with E-state index in [0.29, 0.717) is 5.39 Å². The highest BCUT2D eigenvalue weighted by Gasteiger charge is 2.02. The van der Waals surface area contributed by atoms with Crippen LogP contribution < -0.4 is 5.43 Å². The van der Waals surface area contributed by atoms with Crippen molar-refractivity contribution in [1.82, 2.24) is 14.5 Å². The van der Waals surface area contributed by atoms with Gasteiger partial charge in [0.25, 0.3) is 0 Å². The van der Waals surface area contributed by atoms with Crippen molar-refractivity contribution in [3.05, 3.63) is 58.9 Å². The normalized spacial score (nSPS) is 10.9. The molecule has 3 rings (SSSR count). The molecule has 0 spiro atoms. The molecule has 2 heterocycles. The Bertz CT molecular complexity index is 726. The molecule has 0 amide bonds. The molecule has 0 radical (unpaired) electrons. The van der Waals surface area contributed by atoms with Crippen molar-refractivity contribution < 1.29 is 0 Å². The van der Waals surface area contributed by atoms with Crippen LogP contribution in [0.15, 0.2) is 47.8 Å². The van der Waals surface area contributed by atoms with Gasteiger partial charge >= 0.3 is 0 Å². The zero-order valence-electron chi connectivity index (χ0n) is 9.34. The largest absolute Gasteiger partial charge is 0.358 e. The van der Waals surface area contributed by atoms with E-state index in [-0.39, 0.29) is 5.43 Å². The Morgan fingerprint density at radius 3 is 2.94 bits per heavy atom. The van der Waals surface area contributed by atoms with E-state index in [1.165, 1.54) is 0 Å². The van der Waals surface area contributed by atoms with Crippen LogP contribution >= 0.6 is 0 Å². The second kappa shape index (κ2) is 3.59. The predicted octanol–water partition coefficient (Wildman–Crippen LogP) is 2.02. The van der Waals surface area contributed by atoms with Gasteiger partial charge in [0.05, 0.1) is 6.33 Å². The quantitative estimate of drug-likeness (QED) is 0.688. The number of nitrogens with one attached hydrogen (secondary N) is 1. The van der Waals surface area contributed by atoms with E-state index >= 15 is 0 Å². The number of aromatic nitrogens is 3. The van der Waals surface area contributed by atoms with Crippen molar-refractivity contribution in [1.29, 1.82) is 0 Å². The molecule has 2 aromatic heterocycles. The van der Waals surface area contributed by atoms with Crippen molar-refractivity contribution in [3.8, 4) is 5.69 Å². The molecule has 0 saturated carbocycles. The third kappa shape index (κ3) is 1.63. The van der Waals surface area contributed by atoms with Gasteiger partial charge in [0.1, 0.15) is 0 Å². The van der Waals surface area contributed by atoms with Gasteiger partial charge in [-0.15, -0.1) is 0 Å². The number of fused-ring (bicyclic) bond motifs is 1. The number of nitrogens with zero attached hydrogens (tertiary/aromatic N) is 2. The molecule has 0 fully saturated rings. The first kappa shape index (κ1) is 9.84. The van der Waals surface area contributed by atoms with Crippen LogP contribution in [0.5, 0.6) is 0 Å². The van der Waals surface area contributed by atoms with Crippen molar-refractivity contribution in [3.63, 3.8) is 0 Å². The monoisotopic (exact) mass is 225 g/mol. The summed E-state index contributed by atoms with van der Waals surface area (Å²) in [4.78, 5) is 19.0. The molecule has 3 aromatic rings. The summed E-state index contributed by atoms with van der Waals surface area (Å²) >= 11 is 0. The molecule has 0 bridgehead atoms. The number of imidazole rings is 1. The Morgan fingerprint density at radius 2 is 2.18 bits per heavy atom. The first-order valence-electron chi connectivity index (χ1n) is 5.36. The lowest BCUT2D eigenvalue weighted by atomic mass is 10.1.